The highest BCUT2D eigenvalue weighted by Gasteiger charge is 2.52. The first-order valence-corrected chi connectivity index (χ1v) is 11.3. The molecule has 2 aromatic rings. The van der Waals surface area contributed by atoms with E-state index in [2.05, 4.69) is 88.4 Å². The molecule has 0 spiro atoms. The molecule has 0 amide bonds. The lowest BCUT2D eigenvalue weighted by Crippen LogP contribution is -2.67. The average molecular weight is 354 g/mol. The van der Waals surface area contributed by atoms with Crippen LogP contribution in [-0.2, 0) is 4.43 Å². The first-order valence-electron chi connectivity index (χ1n) is 9.39. The van der Waals surface area contributed by atoms with E-state index in [1.54, 1.807) is 0 Å². The largest absolute Gasteiger partial charge is 0.404 e. The molecule has 1 fully saturated rings. The van der Waals surface area contributed by atoms with Crippen LogP contribution in [0.15, 0.2) is 60.7 Å². The van der Waals surface area contributed by atoms with Gasteiger partial charge in [-0.25, -0.2) is 0 Å². The predicted molar refractivity (Wildman–Crippen MR) is 109 cm³/mol. The lowest BCUT2D eigenvalue weighted by Gasteiger charge is -2.44. The van der Waals surface area contributed by atoms with Gasteiger partial charge >= 0.3 is 0 Å². The molecule has 0 bridgehead atoms. The van der Waals surface area contributed by atoms with Crippen molar-refractivity contribution in [2.75, 3.05) is 0 Å². The van der Waals surface area contributed by atoms with Gasteiger partial charge in [-0.05, 0) is 34.2 Å². The summed E-state index contributed by atoms with van der Waals surface area (Å²) >= 11 is 0. The lowest BCUT2D eigenvalue weighted by atomic mass is 10.1. The van der Waals surface area contributed by atoms with Crippen LogP contribution < -0.4 is 16.1 Å². The van der Waals surface area contributed by atoms with Gasteiger partial charge in [-0.2, -0.15) is 0 Å². The molecule has 0 aromatic heterocycles. The minimum Gasteiger partial charge on any atom is -0.404 e. The van der Waals surface area contributed by atoms with Gasteiger partial charge in [-0.1, -0.05) is 88.4 Å². The molecule has 0 unspecified atom stereocenters. The molecule has 1 saturated carbocycles. The van der Waals surface area contributed by atoms with Crippen LogP contribution in [0.4, 0.5) is 0 Å². The number of rotatable bonds is 4. The van der Waals surface area contributed by atoms with Gasteiger partial charge in [0.2, 0.25) is 0 Å². The second-order valence-electron chi connectivity index (χ2n) is 8.52. The van der Waals surface area contributed by atoms with Gasteiger partial charge in [0.1, 0.15) is 0 Å². The Morgan fingerprint density at radius 3 is 1.72 bits per heavy atom. The molecule has 3 atom stereocenters. The summed E-state index contributed by atoms with van der Waals surface area (Å²) in [6.07, 6.45) is 2.27. The highest BCUT2D eigenvalue weighted by molar-refractivity contribution is 6.99. The quantitative estimate of drug-likeness (QED) is 0.851. The van der Waals surface area contributed by atoms with Crippen molar-refractivity contribution in [2.24, 2.45) is 11.7 Å². The Balaban J connectivity index is 2.12. The van der Waals surface area contributed by atoms with Crippen LogP contribution in [0.1, 0.15) is 40.5 Å². The molecule has 0 saturated heterocycles. The second kappa shape index (κ2) is 7.06. The molecule has 3 heteroatoms. The molecular formula is C22H31NOSi. The number of hydrogen-bond acceptors (Lipinski definition) is 2. The monoisotopic (exact) mass is 353 g/mol. The molecule has 2 N–H and O–H groups in total. The van der Waals surface area contributed by atoms with Gasteiger partial charge in [-0.3, -0.25) is 0 Å². The number of hydrogen-bond donors (Lipinski definition) is 1. The third kappa shape index (κ3) is 3.46. The van der Waals surface area contributed by atoms with E-state index in [9.17, 15) is 0 Å². The molecule has 2 nitrogen and oxygen atoms in total. The number of nitrogens with two attached hydrogens (primary N) is 1. The van der Waals surface area contributed by atoms with Crippen LogP contribution in [0.2, 0.25) is 5.04 Å². The van der Waals surface area contributed by atoms with Crippen molar-refractivity contribution >= 4 is 18.7 Å². The summed E-state index contributed by atoms with van der Waals surface area (Å²) in [5.74, 6) is 0.531. The van der Waals surface area contributed by atoms with Crippen molar-refractivity contribution < 1.29 is 4.43 Å². The molecule has 25 heavy (non-hydrogen) atoms. The van der Waals surface area contributed by atoms with Gasteiger partial charge in [0, 0.05) is 12.1 Å². The summed E-state index contributed by atoms with van der Waals surface area (Å²) in [4.78, 5) is 0. The average Bonchev–Trinajstić information content (AvgIpc) is 2.91. The summed E-state index contributed by atoms with van der Waals surface area (Å²) in [5, 5.41) is 2.73. The highest BCUT2D eigenvalue weighted by Crippen LogP contribution is 2.40. The van der Waals surface area contributed by atoms with Crippen LogP contribution in [0, 0.1) is 5.92 Å². The summed E-state index contributed by atoms with van der Waals surface area (Å²) in [6, 6.07) is 22.0. The maximum atomic E-state index is 7.14. The maximum absolute atomic E-state index is 7.14. The highest BCUT2D eigenvalue weighted by atomic mass is 28.4. The SMILES string of the molecule is C[C@H]1C[C@@H](O[Si](c2ccccc2)(c2ccccc2)C(C)(C)C)C[C@H]1N. The Morgan fingerprint density at radius 2 is 1.36 bits per heavy atom. The molecule has 0 radical (unpaired) electrons. The van der Waals surface area contributed by atoms with E-state index in [1.807, 2.05) is 0 Å². The third-order valence-electron chi connectivity index (χ3n) is 5.66. The molecule has 1 aliphatic carbocycles. The normalized spacial score (nSPS) is 24.4. The van der Waals surface area contributed by atoms with Gasteiger partial charge in [0.05, 0.1) is 0 Å². The van der Waals surface area contributed by atoms with Gasteiger partial charge in [-0.15, -0.1) is 0 Å². The first kappa shape index (κ1) is 18.4. The van der Waals surface area contributed by atoms with E-state index < -0.39 is 8.32 Å². The van der Waals surface area contributed by atoms with Gasteiger partial charge in [0.25, 0.3) is 8.32 Å². The van der Waals surface area contributed by atoms with Crippen LogP contribution in [-0.4, -0.2) is 20.5 Å². The van der Waals surface area contributed by atoms with Crippen LogP contribution in [0.3, 0.4) is 0 Å². The van der Waals surface area contributed by atoms with Crippen molar-refractivity contribution in [1.82, 2.24) is 0 Å². The fourth-order valence-corrected chi connectivity index (χ4v) is 8.97. The Labute approximate surface area is 153 Å². The van der Waals surface area contributed by atoms with E-state index in [-0.39, 0.29) is 17.2 Å². The molecule has 134 valence electrons. The fourth-order valence-electron chi connectivity index (χ4n) is 4.26. The summed E-state index contributed by atoms with van der Waals surface area (Å²) < 4.78 is 7.14. The minimum atomic E-state index is -2.43. The van der Waals surface area contributed by atoms with Crippen LogP contribution in [0.25, 0.3) is 0 Å². The van der Waals surface area contributed by atoms with Crippen molar-refractivity contribution in [3.63, 3.8) is 0 Å². The third-order valence-corrected chi connectivity index (χ3v) is 10.8. The molecule has 1 aliphatic rings. The zero-order valence-electron chi connectivity index (χ0n) is 15.9. The van der Waals surface area contributed by atoms with Crippen LogP contribution >= 0.6 is 0 Å². The van der Waals surface area contributed by atoms with E-state index in [4.69, 9.17) is 10.2 Å². The minimum absolute atomic E-state index is 0.0334. The van der Waals surface area contributed by atoms with E-state index >= 15 is 0 Å². The van der Waals surface area contributed by atoms with Crippen molar-refractivity contribution in [1.29, 1.82) is 0 Å². The molecule has 2 aromatic carbocycles. The standard InChI is InChI=1S/C22H31NOSi/c1-17-15-18(16-21(17)23)24-25(22(2,3)4,19-11-7-5-8-12-19)20-13-9-6-10-14-20/h5-14,17-18,21H,15-16,23H2,1-4H3/t17-,18+,21+/m0/s1. The summed E-state index contributed by atoms with van der Waals surface area (Å²) in [5.41, 5.74) is 6.31. The van der Waals surface area contributed by atoms with Crippen molar-refractivity contribution in [3.8, 4) is 0 Å². The first-order chi connectivity index (χ1) is 11.8. The Kier molecular flexibility index (Phi) is 5.19. The van der Waals surface area contributed by atoms with E-state index in [0.29, 0.717) is 5.92 Å². The Morgan fingerprint density at radius 1 is 0.880 bits per heavy atom. The Hall–Kier alpha value is -1.42. The predicted octanol–water partition coefficient (Wildman–Crippen LogP) is 3.69. The molecule has 0 aliphatic heterocycles. The number of benzene rings is 2. The van der Waals surface area contributed by atoms with Crippen LogP contribution in [0.5, 0.6) is 0 Å². The summed E-state index contributed by atoms with van der Waals surface area (Å²) in [6.45, 7) is 9.24. The zero-order valence-corrected chi connectivity index (χ0v) is 16.9. The van der Waals surface area contributed by atoms with E-state index in [0.717, 1.165) is 12.8 Å². The van der Waals surface area contributed by atoms with Gasteiger partial charge < -0.3 is 10.2 Å². The molecule has 0 heterocycles. The molecular weight excluding hydrogens is 322 g/mol. The van der Waals surface area contributed by atoms with Crippen molar-refractivity contribution in [3.05, 3.63) is 60.7 Å². The topological polar surface area (TPSA) is 35.2 Å². The van der Waals surface area contributed by atoms with Crippen molar-refractivity contribution in [2.45, 2.75) is 57.7 Å². The zero-order chi connectivity index (χ0) is 18.1. The maximum Gasteiger partial charge on any atom is 0.261 e. The van der Waals surface area contributed by atoms with Gasteiger partial charge in [0.15, 0.2) is 0 Å². The Bertz CT molecular complexity index is 631. The summed E-state index contributed by atoms with van der Waals surface area (Å²) in [7, 11) is -2.43. The smallest absolute Gasteiger partial charge is 0.261 e. The molecule has 3 rings (SSSR count). The second-order valence-corrected chi connectivity index (χ2v) is 12.8. The van der Waals surface area contributed by atoms with E-state index in [1.165, 1.54) is 10.4 Å². The fraction of sp³-hybridized carbons (Fsp3) is 0.455. The lowest BCUT2D eigenvalue weighted by molar-refractivity contribution is 0.190.